The van der Waals surface area contributed by atoms with Crippen molar-refractivity contribution in [1.82, 2.24) is 15.5 Å². The van der Waals surface area contributed by atoms with Crippen LogP contribution in [0, 0.1) is 5.92 Å². The van der Waals surface area contributed by atoms with Crippen LogP contribution in [0.3, 0.4) is 0 Å². The van der Waals surface area contributed by atoms with E-state index < -0.39 is 11.6 Å². The molecule has 1 saturated carbocycles. The van der Waals surface area contributed by atoms with Crippen molar-refractivity contribution < 1.29 is 23.9 Å². The average molecular weight is 433 g/mol. The second-order valence-electron chi connectivity index (χ2n) is 7.99. The number of urea groups is 1. The normalized spacial score (nSPS) is 22.9. The van der Waals surface area contributed by atoms with E-state index in [4.69, 9.17) is 9.47 Å². The third-order valence-corrected chi connectivity index (χ3v) is 6.22. The molecule has 0 atom stereocenters. The number of imide groups is 1. The molecule has 2 aliphatic rings. The summed E-state index contributed by atoms with van der Waals surface area (Å²) in [6, 6.07) is 4.87. The van der Waals surface area contributed by atoms with Gasteiger partial charge in [-0.2, -0.15) is 0 Å². The van der Waals surface area contributed by atoms with Crippen LogP contribution in [0.4, 0.5) is 10.5 Å². The molecular weight excluding hydrogens is 400 g/mol. The zero-order valence-electron chi connectivity index (χ0n) is 18.5. The summed E-state index contributed by atoms with van der Waals surface area (Å²) in [6.07, 6.45) is 1.96. The van der Waals surface area contributed by atoms with Gasteiger partial charge in [0.2, 0.25) is 5.91 Å². The molecule has 3 rings (SSSR count). The number of rotatable bonds is 9. The Labute approximate surface area is 182 Å². The van der Waals surface area contributed by atoms with Crippen molar-refractivity contribution in [3.05, 3.63) is 18.2 Å². The van der Waals surface area contributed by atoms with Crippen molar-refractivity contribution in [2.45, 2.75) is 45.1 Å². The van der Waals surface area contributed by atoms with Gasteiger partial charge in [0.15, 0.2) is 11.5 Å². The molecule has 1 spiro atoms. The topological polar surface area (TPSA) is 109 Å². The first-order valence-electron chi connectivity index (χ1n) is 10.9. The van der Waals surface area contributed by atoms with E-state index in [1.807, 2.05) is 0 Å². The Balaban J connectivity index is 1.57. The summed E-state index contributed by atoms with van der Waals surface area (Å²) in [6.45, 7) is 7.47. The summed E-state index contributed by atoms with van der Waals surface area (Å²) in [5.41, 5.74) is -0.226. The third-order valence-electron chi connectivity index (χ3n) is 6.22. The van der Waals surface area contributed by atoms with E-state index >= 15 is 0 Å². The van der Waals surface area contributed by atoms with E-state index in [9.17, 15) is 14.4 Å². The standard InChI is InChI=1S/C22H32N4O5/c1-4-26(5-2)12-13-31-18-14-16(6-7-17(18)30-3)23-19(27)15-8-10-22(11-9-15)20(28)24-21(29)25-22/h6-7,14-15H,4-5,8-13H2,1-3H3,(H,23,27)(H2,24,25,28,29). The number of likely N-dealkylation sites (N-methyl/N-ethyl adjacent to an activating group) is 1. The predicted molar refractivity (Wildman–Crippen MR) is 116 cm³/mol. The van der Waals surface area contributed by atoms with Gasteiger partial charge in [0, 0.05) is 24.2 Å². The minimum Gasteiger partial charge on any atom is -0.493 e. The van der Waals surface area contributed by atoms with Crippen molar-refractivity contribution in [1.29, 1.82) is 0 Å². The molecule has 9 nitrogen and oxygen atoms in total. The van der Waals surface area contributed by atoms with Crippen LogP contribution in [0.2, 0.25) is 0 Å². The molecule has 31 heavy (non-hydrogen) atoms. The number of carbonyl (C=O) groups is 3. The van der Waals surface area contributed by atoms with E-state index in [1.165, 1.54) is 0 Å². The number of benzene rings is 1. The Morgan fingerprint density at radius 3 is 2.48 bits per heavy atom. The van der Waals surface area contributed by atoms with Crippen LogP contribution >= 0.6 is 0 Å². The molecule has 1 aliphatic carbocycles. The van der Waals surface area contributed by atoms with E-state index in [0.717, 1.165) is 19.6 Å². The lowest BCUT2D eigenvalue weighted by atomic mass is 9.76. The monoisotopic (exact) mass is 432 g/mol. The highest BCUT2D eigenvalue weighted by Gasteiger charge is 2.48. The highest BCUT2D eigenvalue weighted by molar-refractivity contribution is 6.07. The summed E-state index contributed by atoms with van der Waals surface area (Å²) in [5.74, 6) is 0.586. The zero-order chi connectivity index (χ0) is 22.4. The van der Waals surface area contributed by atoms with Crippen molar-refractivity contribution in [3.8, 4) is 11.5 Å². The largest absolute Gasteiger partial charge is 0.493 e. The first-order chi connectivity index (χ1) is 14.9. The Hall–Kier alpha value is -2.81. The number of hydrogen-bond acceptors (Lipinski definition) is 6. The SMILES string of the molecule is CCN(CC)CCOc1cc(NC(=O)C2CCC3(CC2)NC(=O)NC3=O)ccc1OC. The lowest BCUT2D eigenvalue weighted by Gasteiger charge is -2.33. The van der Waals surface area contributed by atoms with Crippen LogP contribution in [0.25, 0.3) is 0 Å². The maximum Gasteiger partial charge on any atom is 0.322 e. The predicted octanol–water partition coefficient (Wildman–Crippen LogP) is 2.12. The van der Waals surface area contributed by atoms with Gasteiger partial charge in [-0.25, -0.2) is 4.79 Å². The number of ether oxygens (including phenoxy) is 2. The zero-order valence-corrected chi connectivity index (χ0v) is 18.5. The number of anilines is 1. The van der Waals surface area contributed by atoms with Crippen LogP contribution in [-0.4, -0.2) is 61.6 Å². The van der Waals surface area contributed by atoms with Crippen LogP contribution in [0.15, 0.2) is 18.2 Å². The van der Waals surface area contributed by atoms with Gasteiger partial charge in [0.1, 0.15) is 12.1 Å². The summed E-state index contributed by atoms with van der Waals surface area (Å²) in [7, 11) is 1.58. The van der Waals surface area contributed by atoms with Gasteiger partial charge in [-0.05, 0) is 50.9 Å². The molecule has 0 bridgehead atoms. The van der Waals surface area contributed by atoms with Crippen molar-refractivity contribution in [3.63, 3.8) is 0 Å². The fourth-order valence-electron chi connectivity index (χ4n) is 4.19. The maximum atomic E-state index is 12.8. The van der Waals surface area contributed by atoms with Gasteiger partial charge in [-0.3, -0.25) is 14.9 Å². The lowest BCUT2D eigenvalue weighted by molar-refractivity contribution is -0.128. The fraction of sp³-hybridized carbons (Fsp3) is 0.591. The molecule has 3 N–H and O–H groups in total. The fourth-order valence-corrected chi connectivity index (χ4v) is 4.19. The van der Waals surface area contributed by atoms with Gasteiger partial charge >= 0.3 is 6.03 Å². The van der Waals surface area contributed by atoms with Crippen LogP contribution in [0.1, 0.15) is 39.5 Å². The summed E-state index contributed by atoms with van der Waals surface area (Å²) in [4.78, 5) is 38.6. The number of amides is 4. The molecule has 1 aromatic carbocycles. The second kappa shape index (κ2) is 10.00. The van der Waals surface area contributed by atoms with Gasteiger partial charge in [-0.15, -0.1) is 0 Å². The van der Waals surface area contributed by atoms with Crippen LogP contribution < -0.4 is 25.4 Å². The number of nitrogens with zero attached hydrogens (tertiary/aromatic N) is 1. The molecule has 0 radical (unpaired) electrons. The van der Waals surface area contributed by atoms with Crippen molar-refractivity contribution >= 4 is 23.5 Å². The van der Waals surface area contributed by atoms with Gasteiger partial charge in [-0.1, -0.05) is 13.8 Å². The minimum absolute atomic E-state index is 0.0983. The van der Waals surface area contributed by atoms with Crippen LogP contribution in [-0.2, 0) is 9.59 Å². The molecule has 1 aromatic rings. The Morgan fingerprint density at radius 2 is 1.90 bits per heavy atom. The molecule has 170 valence electrons. The lowest BCUT2D eigenvalue weighted by Crippen LogP contribution is -2.50. The molecule has 9 heteroatoms. The number of carbonyl (C=O) groups excluding carboxylic acids is 3. The highest BCUT2D eigenvalue weighted by atomic mass is 16.5. The number of nitrogens with one attached hydrogen (secondary N) is 3. The van der Waals surface area contributed by atoms with Crippen LogP contribution in [0.5, 0.6) is 11.5 Å². The van der Waals surface area contributed by atoms with Gasteiger partial charge in [0.05, 0.1) is 7.11 Å². The number of methoxy groups -OCH3 is 1. The van der Waals surface area contributed by atoms with Crippen molar-refractivity contribution in [2.24, 2.45) is 5.92 Å². The molecular formula is C22H32N4O5. The molecule has 1 saturated heterocycles. The Bertz CT molecular complexity index is 816. The summed E-state index contributed by atoms with van der Waals surface area (Å²) >= 11 is 0. The molecule has 1 aliphatic heterocycles. The average Bonchev–Trinajstić information content (AvgIpc) is 3.04. The first kappa shape index (κ1) is 22.9. The highest BCUT2D eigenvalue weighted by Crippen LogP contribution is 2.35. The molecule has 2 fully saturated rings. The van der Waals surface area contributed by atoms with Crippen molar-refractivity contribution in [2.75, 3.05) is 38.7 Å². The van der Waals surface area contributed by atoms with Gasteiger partial charge < -0.3 is 25.0 Å². The minimum atomic E-state index is -0.861. The first-order valence-corrected chi connectivity index (χ1v) is 10.9. The van der Waals surface area contributed by atoms with E-state index in [2.05, 4.69) is 34.7 Å². The molecule has 1 heterocycles. The summed E-state index contributed by atoms with van der Waals surface area (Å²) < 4.78 is 11.3. The second-order valence-corrected chi connectivity index (χ2v) is 7.99. The maximum absolute atomic E-state index is 12.8. The smallest absolute Gasteiger partial charge is 0.322 e. The molecule has 0 unspecified atom stereocenters. The molecule has 4 amide bonds. The quantitative estimate of drug-likeness (QED) is 0.516. The number of hydrogen-bond donors (Lipinski definition) is 3. The Kier molecular flexibility index (Phi) is 7.37. The Morgan fingerprint density at radius 1 is 1.19 bits per heavy atom. The molecule has 0 aromatic heterocycles. The van der Waals surface area contributed by atoms with E-state index in [-0.39, 0.29) is 17.7 Å². The van der Waals surface area contributed by atoms with E-state index in [1.54, 1.807) is 25.3 Å². The van der Waals surface area contributed by atoms with E-state index in [0.29, 0.717) is 49.5 Å². The summed E-state index contributed by atoms with van der Waals surface area (Å²) in [5, 5.41) is 7.96. The van der Waals surface area contributed by atoms with Gasteiger partial charge in [0.25, 0.3) is 5.91 Å². The third kappa shape index (κ3) is 5.28.